The molecule has 0 spiro atoms. The van der Waals surface area contributed by atoms with Gasteiger partial charge in [0, 0.05) is 5.69 Å². The number of benzene rings is 3. The summed E-state index contributed by atoms with van der Waals surface area (Å²) in [4.78, 5) is 12.6. The first-order chi connectivity index (χ1) is 15.2. The normalized spacial score (nSPS) is 12.0. The molecule has 0 aliphatic rings. The van der Waals surface area contributed by atoms with Crippen molar-refractivity contribution in [2.75, 3.05) is 17.1 Å². The highest BCUT2D eigenvalue weighted by atomic mass is 32.2. The Bertz CT molecular complexity index is 1190. The summed E-state index contributed by atoms with van der Waals surface area (Å²) >= 11 is 0. The van der Waals surface area contributed by atoms with E-state index in [1.165, 1.54) is 31.4 Å². The Morgan fingerprint density at radius 1 is 0.875 bits per heavy atom. The fraction of sp³-hybridized carbons (Fsp3) is 0.208. The average Bonchev–Trinajstić information content (AvgIpc) is 2.77. The van der Waals surface area contributed by atoms with Gasteiger partial charge in [0.15, 0.2) is 17.6 Å². The number of ether oxygens (including phenoxy) is 2. The minimum Gasteiger partial charge on any atom is -0.493 e. The largest absolute Gasteiger partial charge is 0.493 e. The average molecular weight is 455 g/mol. The first kappa shape index (κ1) is 23.1. The summed E-state index contributed by atoms with van der Waals surface area (Å²) in [5.41, 5.74) is 2.69. The summed E-state index contributed by atoms with van der Waals surface area (Å²) in [5.74, 6) is 0.606. The van der Waals surface area contributed by atoms with Crippen LogP contribution < -0.4 is 19.5 Å². The molecule has 0 aromatic heterocycles. The smallest absolute Gasteiger partial charge is 0.265 e. The maximum Gasteiger partial charge on any atom is 0.265 e. The van der Waals surface area contributed by atoms with Crippen molar-refractivity contribution >= 4 is 27.3 Å². The lowest BCUT2D eigenvalue weighted by Gasteiger charge is -2.17. The van der Waals surface area contributed by atoms with Crippen LogP contribution in [0.3, 0.4) is 0 Å². The Hall–Kier alpha value is -3.52. The Balaban J connectivity index is 1.68. The van der Waals surface area contributed by atoms with Gasteiger partial charge in [-0.3, -0.25) is 9.52 Å². The van der Waals surface area contributed by atoms with E-state index >= 15 is 0 Å². The second-order valence-electron chi connectivity index (χ2n) is 7.30. The van der Waals surface area contributed by atoms with Gasteiger partial charge < -0.3 is 14.8 Å². The zero-order valence-corrected chi connectivity index (χ0v) is 19.2. The molecule has 0 bridgehead atoms. The second kappa shape index (κ2) is 9.74. The van der Waals surface area contributed by atoms with Crippen molar-refractivity contribution in [1.82, 2.24) is 0 Å². The number of carbonyl (C=O) groups excluding carboxylic acids is 1. The van der Waals surface area contributed by atoms with E-state index in [2.05, 4.69) is 10.0 Å². The molecule has 2 N–H and O–H groups in total. The molecule has 1 atom stereocenters. The molecule has 32 heavy (non-hydrogen) atoms. The van der Waals surface area contributed by atoms with Gasteiger partial charge in [-0.15, -0.1) is 0 Å². The van der Waals surface area contributed by atoms with Crippen LogP contribution in [0.15, 0.2) is 71.6 Å². The molecular formula is C24H26N2O5S. The maximum atomic E-state index is 12.8. The van der Waals surface area contributed by atoms with E-state index < -0.39 is 16.1 Å². The minimum atomic E-state index is -3.77. The number of sulfonamides is 1. The second-order valence-corrected chi connectivity index (χ2v) is 8.98. The quantitative estimate of drug-likeness (QED) is 0.522. The molecule has 0 radical (unpaired) electrons. The molecule has 7 nitrogen and oxygen atoms in total. The third-order valence-electron chi connectivity index (χ3n) is 4.89. The molecule has 0 saturated heterocycles. The molecule has 3 aromatic rings. The van der Waals surface area contributed by atoms with Gasteiger partial charge in [0.2, 0.25) is 0 Å². The lowest BCUT2D eigenvalue weighted by Crippen LogP contribution is -2.30. The third kappa shape index (κ3) is 5.39. The maximum absolute atomic E-state index is 12.8. The summed E-state index contributed by atoms with van der Waals surface area (Å²) in [6.07, 6.45) is -0.791. The van der Waals surface area contributed by atoms with Crippen LogP contribution in [0.5, 0.6) is 11.5 Å². The van der Waals surface area contributed by atoms with Crippen LogP contribution in [0.2, 0.25) is 0 Å². The Kier molecular flexibility index (Phi) is 7.05. The van der Waals surface area contributed by atoms with Crippen molar-refractivity contribution in [2.45, 2.75) is 31.8 Å². The van der Waals surface area contributed by atoms with Gasteiger partial charge >= 0.3 is 0 Å². The zero-order chi connectivity index (χ0) is 23.3. The summed E-state index contributed by atoms with van der Waals surface area (Å²) in [7, 11) is -2.24. The number of aryl methyl sites for hydroxylation is 2. The molecule has 0 saturated carbocycles. The van der Waals surface area contributed by atoms with Crippen LogP contribution in [0.4, 0.5) is 11.4 Å². The number of rotatable bonds is 8. The lowest BCUT2D eigenvalue weighted by atomic mass is 10.1. The van der Waals surface area contributed by atoms with Crippen LogP contribution in [0.25, 0.3) is 0 Å². The van der Waals surface area contributed by atoms with Gasteiger partial charge in [-0.05, 0) is 68.3 Å². The highest BCUT2D eigenvalue weighted by Gasteiger charge is 2.19. The van der Waals surface area contributed by atoms with Crippen molar-refractivity contribution < 1.29 is 22.7 Å². The number of hydrogen-bond acceptors (Lipinski definition) is 5. The number of nitrogens with one attached hydrogen (secondary N) is 2. The van der Waals surface area contributed by atoms with Crippen molar-refractivity contribution in [2.24, 2.45) is 0 Å². The van der Waals surface area contributed by atoms with E-state index in [0.29, 0.717) is 22.9 Å². The van der Waals surface area contributed by atoms with E-state index in [0.717, 1.165) is 11.1 Å². The van der Waals surface area contributed by atoms with E-state index in [1.807, 2.05) is 32.0 Å². The number of anilines is 2. The standard InChI is InChI=1S/C24H26N2O5S/c1-16-8-7-9-17(2)23(16)26-32(28,29)20-14-12-19(13-15-20)25-24(27)18(3)31-22-11-6-5-10-21(22)30-4/h5-15,18,26H,1-4H3,(H,25,27). The summed E-state index contributed by atoms with van der Waals surface area (Å²) < 4.78 is 39.1. The molecule has 3 aromatic carbocycles. The van der Waals surface area contributed by atoms with Gasteiger partial charge in [-0.1, -0.05) is 30.3 Å². The fourth-order valence-corrected chi connectivity index (χ4v) is 4.29. The van der Waals surface area contributed by atoms with E-state index in [-0.39, 0.29) is 10.8 Å². The van der Waals surface area contributed by atoms with E-state index in [9.17, 15) is 13.2 Å². The first-order valence-corrected chi connectivity index (χ1v) is 11.5. The van der Waals surface area contributed by atoms with Gasteiger partial charge in [-0.25, -0.2) is 8.42 Å². The predicted molar refractivity (Wildman–Crippen MR) is 125 cm³/mol. The number of methoxy groups -OCH3 is 1. The monoisotopic (exact) mass is 454 g/mol. The highest BCUT2D eigenvalue weighted by molar-refractivity contribution is 7.92. The molecular weight excluding hydrogens is 428 g/mol. The molecule has 0 heterocycles. The molecule has 0 fully saturated rings. The Labute approximate surface area is 188 Å². The highest BCUT2D eigenvalue weighted by Crippen LogP contribution is 2.27. The van der Waals surface area contributed by atoms with Crippen LogP contribution in [-0.4, -0.2) is 27.5 Å². The van der Waals surface area contributed by atoms with Gasteiger partial charge in [0.25, 0.3) is 15.9 Å². The summed E-state index contributed by atoms with van der Waals surface area (Å²) in [6.45, 7) is 5.31. The van der Waals surface area contributed by atoms with Crippen molar-refractivity contribution in [3.05, 3.63) is 77.9 Å². The third-order valence-corrected chi connectivity index (χ3v) is 6.26. The topological polar surface area (TPSA) is 93.7 Å². The van der Waals surface area contributed by atoms with Crippen LogP contribution >= 0.6 is 0 Å². The number of para-hydroxylation sites is 3. The van der Waals surface area contributed by atoms with Crippen LogP contribution in [-0.2, 0) is 14.8 Å². The molecule has 0 aliphatic carbocycles. The number of hydrogen-bond donors (Lipinski definition) is 2. The Morgan fingerprint density at radius 3 is 2.06 bits per heavy atom. The number of amides is 1. The van der Waals surface area contributed by atoms with Gasteiger partial charge in [0.05, 0.1) is 17.7 Å². The van der Waals surface area contributed by atoms with Crippen LogP contribution in [0.1, 0.15) is 18.1 Å². The van der Waals surface area contributed by atoms with Crippen LogP contribution in [0, 0.1) is 13.8 Å². The number of carbonyl (C=O) groups is 1. The zero-order valence-electron chi connectivity index (χ0n) is 18.4. The molecule has 168 valence electrons. The molecule has 0 aliphatic heterocycles. The fourth-order valence-electron chi connectivity index (χ4n) is 3.09. The van der Waals surface area contributed by atoms with Crippen molar-refractivity contribution in [3.63, 3.8) is 0 Å². The van der Waals surface area contributed by atoms with Gasteiger partial charge in [-0.2, -0.15) is 0 Å². The molecule has 1 amide bonds. The molecule has 3 rings (SSSR count). The minimum absolute atomic E-state index is 0.0940. The van der Waals surface area contributed by atoms with Gasteiger partial charge in [0.1, 0.15) is 0 Å². The summed E-state index contributed by atoms with van der Waals surface area (Å²) in [5, 5.41) is 2.73. The predicted octanol–water partition coefficient (Wildman–Crippen LogP) is 4.52. The van der Waals surface area contributed by atoms with Crippen molar-refractivity contribution in [3.8, 4) is 11.5 Å². The molecule has 8 heteroatoms. The summed E-state index contributed by atoms with van der Waals surface area (Å²) in [6, 6.07) is 18.6. The van der Waals surface area contributed by atoms with Crippen molar-refractivity contribution in [1.29, 1.82) is 0 Å². The van der Waals surface area contributed by atoms with E-state index in [1.54, 1.807) is 31.2 Å². The Morgan fingerprint density at radius 2 is 1.47 bits per heavy atom. The lowest BCUT2D eigenvalue weighted by molar-refractivity contribution is -0.122. The molecule has 1 unspecified atom stereocenters. The SMILES string of the molecule is COc1ccccc1OC(C)C(=O)Nc1ccc(S(=O)(=O)Nc2c(C)cccc2C)cc1. The first-order valence-electron chi connectivity index (χ1n) is 10.0. The van der Waals surface area contributed by atoms with E-state index in [4.69, 9.17) is 9.47 Å².